The number of aromatic amines is 1. The Kier molecular flexibility index (Phi) is 3.60. The molecule has 2 aromatic heterocycles. The van der Waals surface area contributed by atoms with Crippen LogP contribution in [0, 0.1) is 0 Å². The lowest BCUT2D eigenvalue weighted by atomic mass is 10.2. The van der Waals surface area contributed by atoms with E-state index < -0.39 is 0 Å². The smallest absolute Gasteiger partial charge is 0.122 e. The van der Waals surface area contributed by atoms with Crippen LogP contribution < -0.4 is 5.32 Å². The topological polar surface area (TPSA) is 58.5 Å². The molecule has 2 heterocycles. The number of hydrogen-bond donors (Lipinski definition) is 2. The van der Waals surface area contributed by atoms with Gasteiger partial charge in [0.1, 0.15) is 5.82 Å². The zero-order valence-corrected chi connectivity index (χ0v) is 11.3. The maximum Gasteiger partial charge on any atom is 0.122 e. The van der Waals surface area contributed by atoms with Crippen molar-refractivity contribution in [3.05, 3.63) is 66.8 Å². The Bertz CT molecular complexity index is 625. The standard InChI is InChI=1S/C15H17N5/c1-12(15-17-6-7-18-15)19-10-13-2-4-14(5-3-13)20-9-8-16-11-20/h2-9,11-12,19H,10H2,1H3,(H,17,18). The highest BCUT2D eigenvalue weighted by Crippen LogP contribution is 2.11. The number of nitrogens with zero attached hydrogens (tertiary/aromatic N) is 3. The van der Waals surface area contributed by atoms with Gasteiger partial charge in [-0.1, -0.05) is 12.1 Å². The summed E-state index contributed by atoms with van der Waals surface area (Å²) in [6.07, 6.45) is 9.12. The molecule has 1 unspecified atom stereocenters. The van der Waals surface area contributed by atoms with E-state index in [1.165, 1.54) is 5.56 Å². The van der Waals surface area contributed by atoms with Crippen LogP contribution in [0.5, 0.6) is 0 Å². The summed E-state index contributed by atoms with van der Waals surface area (Å²) in [4.78, 5) is 11.4. The normalized spacial score (nSPS) is 12.4. The predicted octanol–water partition coefficient (Wildman–Crippen LogP) is 2.45. The molecule has 5 heteroatoms. The van der Waals surface area contributed by atoms with Gasteiger partial charge < -0.3 is 14.9 Å². The Balaban J connectivity index is 1.61. The van der Waals surface area contributed by atoms with Crippen molar-refractivity contribution in [3.8, 4) is 5.69 Å². The van der Waals surface area contributed by atoms with E-state index >= 15 is 0 Å². The van der Waals surface area contributed by atoms with Crippen LogP contribution in [0.1, 0.15) is 24.4 Å². The Morgan fingerprint density at radius 1 is 1.25 bits per heavy atom. The molecular formula is C15H17N5. The molecule has 0 radical (unpaired) electrons. The first-order valence-electron chi connectivity index (χ1n) is 6.63. The van der Waals surface area contributed by atoms with Gasteiger partial charge in [0.2, 0.25) is 0 Å². The highest BCUT2D eigenvalue weighted by molar-refractivity contribution is 5.34. The number of imidazole rings is 2. The van der Waals surface area contributed by atoms with Crippen LogP contribution in [0.2, 0.25) is 0 Å². The van der Waals surface area contributed by atoms with Crippen molar-refractivity contribution in [1.82, 2.24) is 24.8 Å². The van der Waals surface area contributed by atoms with Gasteiger partial charge in [0.15, 0.2) is 0 Å². The Hall–Kier alpha value is -2.40. The zero-order valence-electron chi connectivity index (χ0n) is 11.3. The second-order valence-corrected chi connectivity index (χ2v) is 4.71. The van der Waals surface area contributed by atoms with Gasteiger partial charge in [-0.3, -0.25) is 0 Å². The van der Waals surface area contributed by atoms with Gasteiger partial charge in [0.05, 0.1) is 12.4 Å². The molecule has 0 saturated heterocycles. The molecule has 0 bridgehead atoms. The lowest BCUT2D eigenvalue weighted by molar-refractivity contribution is 0.551. The molecule has 1 aromatic carbocycles. The first-order chi connectivity index (χ1) is 9.83. The minimum absolute atomic E-state index is 0.207. The monoisotopic (exact) mass is 267 g/mol. The summed E-state index contributed by atoms with van der Waals surface area (Å²) in [5.74, 6) is 0.958. The van der Waals surface area contributed by atoms with E-state index in [1.807, 2.05) is 17.0 Å². The number of H-pyrrole nitrogens is 1. The quantitative estimate of drug-likeness (QED) is 0.746. The SMILES string of the molecule is CC(NCc1ccc(-n2ccnc2)cc1)c1ncc[nH]1. The average Bonchev–Trinajstić information content (AvgIpc) is 3.18. The van der Waals surface area contributed by atoms with E-state index in [2.05, 4.69) is 51.5 Å². The van der Waals surface area contributed by atoms with Crippen LogP contribution in [0.3, 0.4) is 0 Å². The summed E-state index contributed by atoms with van der Waals surface area (Å²) in [5, 5.41) is 3.44. The molecule has 0 amide bonds. The molecule has 2 N–H and O–H groups in total. The van der Waals surface area contributed by atoms with Crippen LogP contribution in [0.25, 0.3) is 5.69 Å². The van der Waals surface area contributed by atoms with Gasteiger partial charge in [0.25, 0.3) is 0 Å². The molecule has 102 valence electrons. The minimum atomic E-state index is 0.207. The first kappa shape index (κ1) is 12.6. The van der Waals surface area contributed by atoms with E-state index in [0.29, 0.717) is 0 Å². The average molecular weight is 267 g/mol. The number of rotatable bonds is 5. The molecule has 0 spiro atoms. The summed E-state index contributed by atoms with van der Waals surface area (Å²) >= 11 is 0. The van der Waals surface area contributed by atoms with Crippen molar-refractivity contribution in [2.24, 2.45) is 0 Å². The van der Waals surface area contributed by atoms with Crippen LogP contribution in [0.15, 0.2) is 55.4 Å². The van der Waals surface area contributed by atoms with Crippen molar-refractivity contribution in [2.45, 2.75) is 19.5 Å². The van der Waals surface area contributed by atoms with E-state index in [9.17, 15) is 0 Å². The largest absolute Gasteiger partial charge is 0.347 e. The molecule has 0 aliphatic carbocycles. The molecule has 0 saturated carbocycles. The van der Waals surface area contributed by atoms with Crippen molar-refractivity contribution < 1.29 is 0 Å². The van der Waals surface area contributed by atoms with Gasteiger partial charge in [-0.05, 0) is 24.6 Å². The van der Waals surface area contributed by atoms with Crippen LogP contribution in [-0.2, 0) is 6.54 Å². The molecule has 3 rings (SSSR count). The van der Waals surface area contributed by atoms with E-state index in [4.69, 9.17) is 0 Å². The summed E-state index contributed by atoms with van der Waals surface area (Å²) in [5.41, 5.74) is 2.36. The molecular weight excluding hydrogens is 250 g/mol. The fourth-order valence-corrected chi connectivity index (χ4v) is 2.08. The second kappa shape index (κ2) is 5.71. The van der Waals surface area contributed by atoms with Crippen LogP contribution >= 0.6 is 0 Å². The summed E-state index contributed by atoms with van der Waals surface area (Å²) in [7, 11) is 0. The fraction of sp³-hybridized carbons (Fsp3) is 0.200. The third kappa shape index (κ3) is 2.78. The molecule has 20 heavy (non-hydrogen) atoms. The molecule has 1 atom stereocenters. The molecule has 3 aromatic rings. The molecule has 0 aliphatic heterocycles. The number of nitrogens with one attached hydrogen (secondary N) is 2. The van der Waals surface area contributed by atoms with Gasteiger partial charge in [-0.15, -0.1) is 0 Å². The molecule has 5 nitrogen and oxygen atoms in total. The number of hydrogen-bond acceptors (Lipinski definition) is 3. The fourth-order valence-electron chi connectivity index (χ4n) is 2.08. The van der Waals surface area contributed by atoms with Crippen LogP contribution in [-0.4, -0.2) is 19.5 Å². The highest BCUT2D eigenvalue weighted by Gasteiger charge is 2.06. The minimum Gasteiger partial charge on any atom is -0.347 e. The number of benzene rings is 1. The van der Waals surface area contributed by atoms with E-state index in [-0.39, 0.29) is 6.04 Å². The summed E-state index contributed by atoms with van der Waals surface area (Å²) in [6.45, 7) is 2.91. The van der Waals surface area contributed by atoms with E-state index in [0.717, 1.165) is 18.1 Å². The molecule has 0 aliphatic rings. The van der Waals surface area contributed by atoms with Crippen molar-refractivity contribution >= 4 is 0 Å². The zero-order chi connectivity index (χ0) is 13.8. The predicted molar refractivity (Wildman–Crippen MR) is 77.4 cm³/mol. The highest BCUT2D eigenvalue weighted by atomic mass is 15.0. The van der Waals surface area contributed by atoms with Crippen molar-refractivity contribution in [3.63, 3.8) is 0 Å². The number of aromatic nitrogens is 4. The van der Waals surface area contributed by atoms with Gasteiger partial charge >= 0.3 is 0 Å². The Labute approximate surface area is 117 Å². The lowest BCUT2D eigenvalue weighted by Crippen LogP contribution is -2.19. The van der Waals surface area contributed by atoms with Crippen LogP contribution in [0.4, 0.5) is 0 Å². The maximum atomic E-state index is 4.25. The van der Waals surface area contributed by atoms with Gasteiger partial charge in [0, 0.05) is 37.0 Å². The molecule has 0 fully saturated rings. The summed E-state index contributed by atoms with van der Waals surface area (Å²) < 4.78 is 1.99. The lowest BCUT2D eigenvalue weighted by Gasteiger charge is -2.11. The third-order valence-electron chi connectivity index (χ3n) is 3.28. The van der Waals surface area contributed by atoms with Gasteiger partial charge in [-0.2, -0.15) is 0 Å². The Morgan fingerprint density at radius 3 is 2.75 bits per heavy atom. The van der Waals surface area contributed by atoms with Crippen molar-refractivity contribution in [2.75, 3.05) is 0 Å². The summed E-state index contributed by atoms with van der Waals surface area (Å²) in [6, 6.07) is 8.64. The first-order valence-corrected chi connectivity index (χ1v) is 6.63. The Morgan fingerprint density at radius 2 is 2.10 bits per heavy atom. The third-order valence-corrected chi connectivity index (χ3v) is 3.28. The second-order valence-electron chi connectivity index (χ2n) is 4.71. The van der Waals surface area contributed by atoms with Crippen molar-refractivity contribution in [1.29, 1.82) is 0 Å². The van der Waals surface area contributed by atoms with E-state index in [1.54, 1.807) is 18.7 Å². The maximum absolute atomic E-state index is 4.25. The van der Waals surface area contributed by atoms with Gasteiger partial charge in [-0.25, -0.2) is 9.97 Å².